The Labute approximate surface area is 308 Å². The van der Waals surface area contributed by atoms with Crippen LogP contribution in [0.5, 0.6) is 5.88 Å². The van der Waals surface area contributed by atoms with Gasteiger partial charge in [0.15, 0.2) is 0 Å². The zero-order valence-electron chi connectivity index (χ0n) is 27.8. The fraction of sp³-hybridized carbons (Fsp3) is 0.343. The van der Waals surface area contributed by atoms with E-state index in [2.05, 4.69) is 30.4 Å². The summed E-state index contributed by atoms with van der Waals surface area (Å²) in [6.07, 6.45) is 2.31. The number of β-amino-alcohol motifs (C(OH)–C–C–N with tert-alkyl or cyclic N) is 1. The number of anilines is 1. The van der Waals surface area contributed by atoms with Crippen LogP contribution in [0, 0.1) is 0 Å². The minimum absolute atomic E-state index is 0.0177. The molecule has 0 aliphatic carbocycles. The van der Waals surface area contributed by atoms with Gasteiger partial charge in [-0.25, -0.2) is 19.3 Å². The van der Waals surface area contributed by atoms with Gasteiger partial charge in [-0.05, 0) is 18.6 Å². The fourth-order valence-electron chi connectivity index (χ4n) is 6.31. The largest absolute Gasteiger partial charge is 0.481 e. The number of imidazole rings is 1. The molecule has 13 nitrogen and oxygen atoms in total. The van der Waals surface area contributed by atoms with Crippen molar-refractivity contribution in [2.75, 3.05) is 57.9 Å². The Morgan fingerprint density at radius 2 is 1.76 bits per heavy atom. The highest BCUT2D eigenvalue weighted by molar-refractivity contribution is 7.20. The summed E-state index contributed by atoms with van der Waals surface area (Å²) < 4.78 is 12.8. The van der Waals surface area contributed by atoms with Gasteiger partial charge in [0.05, 0.1) is 46.9 Å². The van der Waals surface area contributed by atoms with Crippen molar-refractivity contribution in [2.45, 2.75) is 25.5 Å². The number of carbonyl (C=O) groups excluding carboxylic acids is 2. The summed E-state index contributed by atoms with van der Waals surface area (Å²) >= 11 is 15.8. The summed E-state index contributed by atoms with van der Waals surface area (Å²) in [5.74, 6) is 0.278. The number of methoxy groups -OCH3 is 1. The molecule has 0 bridgehead atoms. The first-order chi connectivity index (χ1) is 24.8. The maximum atomic E-state index is 12.3. The van der Waals surface area contributed by atoms with Gasteiger partial charge in [0, 0.05) is 74.0 Å². The summed E-state index contributed by atoms with van der Waals surface area (Å²) in [7, 11) is 1.50. The van der Waals surface area contributed by atoms with Crippen LogP contribution >= 0.6 is 34.5 Å². The van der Waals surface area contributed by atoms with E-state index in [9.17, 15) is 14.7 Å². The molecule has 2 aliphatic heterocycles. The maximum absolute atomic E-state index is 12.3. The molecule has 16 heteroatoms. The molecule has 0 unspecified atom stereocenters. The Morgan fingerprint density at radius 1 is 1.04 bits per heavy atom. The number of carbonyl (C=O) groups is 2. The molecule has 3 aromatic heterocycles. The predicted octanol–water partition coefficient (Wildman–Crippen LogP) is 5.12. The zero-order chi connectivity index (χ0) is 35.5. The number of fused-ring (bicyclic) bond motifs is 1. The smallest absolute Gasteiger partial charge is 0.407 e. The minimum atomic E-state index is -0.600. The lowest BCUT2D eigenvalue weighted by Crippen LogP contribution is -2.47. The van der Waals surface area contributed by atoms with Crippen LogP contribution in [0.15, 0.2) is 54.7 Å². The molecule has 5 aromatic rings. The summed E-state index contributed by atoms with van der Waals surface area (Å²) in [4.78, 5) is 38.3. The molecule has 2 aromatic carbocycles. The summed E-state index contributed by atoms with van der Waals surface area (Å²) in [6.45, 7) is 4.47. The molecule has 3 N–H and O–H groups in total. The molecular formula is C35H36Cl2N8O5S. The van der Waals surface area contributed by atoms with E-state index in [1.807, 2.05) is 40.9 Å². The van der Waals surface area contributed by atoms with E-state index in [1.165, 1.54) is 18.4 Å². The second-order valence-electron chi connectivity index (χ2n) is 12.2. The first kappa shape index (κ1) is 35.0. The van der Waals surface area contributed by atoms with Crippen molar-refractivity contribution in [1.29, 1.82) is 0 Å². The number of nitrogens with one attached hydrogen (secondary N) is 2. The van der Waals surface area contributed by atoms with Crippen molar-refractivity contribution < 1.29 is 24.2 Å². The Hall–Kier alpha value is -4.47. The van der Waals surface area contributed by atoms with Crippen LogP contribution in [0.2, 0.25) is 10.0 Å². The Balaban J connectivity index is 1.09. The van der Waals surface area contributed by atoms with Crippen molar-refractivity contribution in [3.8, 4) is 39.5 Å². The summed E-state index contributed by atoms with van der Waals surface area (Å²) in [6, 6.07) is 15.0. The van der Waals surface area contributed by atoms with Gasteiger partial charge in [0.25, 0.3) is 0 Å². The first-order valence-corrected chi connectivity index (χ1v) is 18.1. The Morgan fingerprint density at radius 3 is 2.47 bits per heavy atom. The second-order valence-corrected chi connectivity index (χ2v) is 13.9. The number of ether oxygens (including phenoxy) is 2. The van der Waals surface area contributed by atoms with E-state index in [0.29, 0.717) is 58.7 Å². The molecule has 2 amide bonds. The van der Waals surface area contributed by atoms with Gasteiger partial charge >= 0.3 is 6.09 Å². The van der Waals surface area contributed by atoms with Crippen LogP contribution in [0.1, 0.15) is 18.4 Å². The summed E-state index contributed by atoms with van der Waals surface area (Å²) in [5, 5.41) is 21.5. The van der Waals surface area contributed by atoms with E-state index in [4.69, 9.17) is 37.8 Å². The minimum Gasteiger partial charge on any atom is -0.481 e. The number of nitrogens with zero attached hydrogens (tertiary/aromatic N) is 6. The lowest BCUT2D eigenvalue weighted by molar-refractivity contribution is -0.119. The van der Waals surface area contributed by atoms with Crippen molar-refractivity contribution >= 4 is 56.6 Å². The van der Waals surface area contributed by atoms with Crippen LogP contribution in [0.3, 0.4) is 0 Å². The second kappa shape index (κ2) is 15.4. The van der Waals surface area contributed by atoms with Gasteiger partial charge < -0.3 is 30.1 Å². The van der Waals surface area contributed by atoms with Crippen LogP contribution in [0.4, 0.5) is 9.93 Å². The zero-order valence-corrected chi connectivity index (χ0v) is 30.1. The van der Waals surface area contributed by atoms with Crippen LogP contribution in [0.25, 0.3) is 38.6 Å². The molecule has 5 heterocycles. The van der Waals surface area contributed by atoms with E-state index >= 15 is 0 Å². The number of aliphatic hydroxyl groups excluding tert-OH is 1. The maximum Gasteiger partial charge on any atom is 0.407 e. The molecule has 0 saturated carbocycles. The van der Waals surface area contributed by atoms with Gasteiger partial charge in [-0.1, -0.05) is 70.9 Å². The van der Waals surface area contributed by atoms with Gasteiger partial charge in [-0.3, -0.25) is 9.69 Å². The monoisotopic (exact) mass is 750 g/mol. The summed E-state index contributed by atoms with van der Waals surface area (Å²) in [5.41, 5.74) is 4.84. The predicted molar refractivity (Wildman–Crippen MR) is 197 cm³/mol. The molecule has 2 fully saturated rings. The normalized spacial score (nSPS) is 16.4. The number of hydrogen-bond acceptors (Lipinski definition) is 11. The number of piperazine rings is 1. The Bertz CT molecular complexity index is 2070. The van der Waals surface area contributed by atoms with E-state index in [1.54, 1.807) is 18.3 Å². The molecule has 2 saturated heterocycles. The quantitative estimate of drug-likeness (QED) is 0.166. The Kier molecular flexibility index (Phi) is 10.6. The van der Waals surface area contributed by atoms with Crippen molar-refractivity contribution in [3.63, 3.8) is 0 Å². The average Bonchev–Trinajstić information content (AvgIpc) is 3.87. The fourth-order valence-corrected chi connectivity index (χ4v) is 7.89. The SMILES string of the molecule is COc1nc(-c2cccc(-c3cccc(-c4cnc5sc(N6CCN(CCO)CC6)nn45)c3Cl)c2Cl)ccc1COC(=O)NC[C@@H]1CCC(=O)N1. The van der Waals surface area contributed by atoms with Crippen molar-refractivity contribution in [1.82, 2.24) is 35.1 Å². The number of pyridine rings is 1. The van der Waals surface area contributed by atoms with Gasteiger partial charge in [0.2, 0.25) is 21.9 Å². The van der Waals surface area contributed by atoms with Gasteiger partial charge in [-0.15, -0.1) is 5.10 Å². The van der Waals surface area contributed by atoms with E-state index < -0.39 is 6.09 Å². The highest BCUT2D eigenvalue weighted by Gasteiger charge is 2.24. The first-order valence-electron chi connectivity index (χ1n) is 16.6. The topological polar surface area (TPSA) is 146 Å². The molecule has 1 atom stereocenters. The lowest BCUT2D eigenvalue weighted by atomic mass is 9.98. The molecule has 266 valence electrons. The molecular weight excluding hydrogens is 715 g/mol. The average molecular weight is 752 g/mol. The molecule has 2 aliphatic rings. The van der Waals surface area contributed by atoms with Crippen molar-refractivity contribution in [3.05, 3.63) is 70.3 Å². The highest BCUT2D eigenvalue weighted by atomic mass is 35.5. The third kappa shape index (κ3) is 7.46. The van der Waals surface area contributed by atoms with Crippen LogP contribution in [-0.2, 0) is 16.1 Å². The lowest BCUT2D eigenvalue weighted by Gasteiger charge is -2.33. The van der Waals surface area contributed by atoms with Crippen LogP contribution in [-0.4, -0.2) is 101 Å². The van der Waals surface area contributed by atoms with E-state index in [-0.39, 0.29) is 25.2 Å². The number of amides is 2. The molecule has 0 spiro atoms. The standard InChI is InChI=1S/C35H36Cl2N8O5S/c1-49-32-21(20-50-35(48)39-18-22-9-11-29(47)40-22)8-10-27(41-32)25-6-2-4-23(30(25)36)24-5-3-7-26(31(24)37)28-19-38-33-45(28)42-34(51-33)44-14-12-43(13-15-44)16-17-46/h2-8,10,19,22,46H,9,11-18,20H2,1H3,(H,39,48)(H,40,47)/t22-/m0/s1. The third-order valence-corrected chi connectivity index (χ3v) is 10.8. The number of halogens is 2. The molecule has 7 rings (SSSR count). The van der Waals surface area contributed by atoms with E-state index in [0.717, 1.165) is 58.7 Å². The third-order valence-electron chi connectivity index (χ3n) is 9.04. The number of aromatic nitrogens is 4. The number of alkyl carbamates (subject to hydrolysis) is 1. The molecule has 51 heavy (non-hydrogen) atoms. The number of rotatable bonds is 11. The highest BCUT2D eigenvalue weighted by Crippen LogP contribution is 2.43. The number of hydrogen-bond donors (Lipinski definition) is 3. The molecule has 0 radical (unpaired) electrons. The van der Waals surface area contributed by atoms with Crippen LogP contribution < -0.4 is 20.3 Å². The van der Waals surface area contributed by atoms with Gasteiger partial charge in [0.1, 0.15) is 6.61 Å². The number of aliphatic hydroxyl groups is 1. The number of benzene rings is 2. The van der Waals surface area contributed by atoms with Crippen molar-refractivity contribution in [2.24, 2.45) is 0 Å². The van der Waals surface area contributed by atoms with Gasteiger partial charge in [-0.2, -0.15) is 0 Å².